The number of hydrogen-bond donors (Lipinski definition) is 1. The van der Waals surface area contributed by atoms with Gasteiger partial charge >= 0.3 is 5.97 Å². The van der Waals surface area contributed by atoms with E-state index in [2.05, 4.69) is 5.32 Å². The largest absolute Gasteiger partial charge is 0.493 e. The Labute approximate surface area is 166 Å². The zero-order chi connectivity index (χ0) is 20.1. The average molecular weight is 397 g/mol. The lowest BCUT2D eigenvalue weighted by Gasteiger charge is -2.28. The number of ether oxygens (including phenoxy) is 6. The minimum Gasteiger partial charge on any atom is -0.493 e. The number of carbonyl (C=O) groups excluding carboxylic acids is 1. The summed E-state index contributed by atoms with van der Waals surface area (Å²) in [4.78, 5) is 12.6. The van der Waals surface area contributed by atoms with Crippen molar-refractivity contribution in [1.82, 2.24) is 0 Å². The Kier molecular flexibility index (Phi) is 3.94. The van der Waals surface area contributed by atoms with Crippen LogP contribution in [-0.4, -0.2) is 40.7 Å². The fourth-order valence-corrected chi connectivity index (χ4v) is 4.03. The van der Waals surface area contributed by atoms with Gasteiger partial charge in [-0.2, -0.15) is 0 Å². The van der Waals surface area contributed by atoms with E-state index in [1.165, 1.54) is 0 Å². The smallest absolute Gasteiger partial charge is 0.337 e. The predicted molar refractivity (Wildman–Crippen MR) is 102 cm³/mol. The molecular weight excluding hydrogens is 378 g/mol. The monoisotopic (exact) mass is 397 g/mol. The van der Waals surface area contributed by atoms with Gasteiger partial charge in [0.1, 0.15) is 6.61 Å². The zero-order valence-corrected chi connectivity index (χ0v) is 16.2. The molecule has 2 aromatic carbocycles. The number of nitrogens with one attached hydrogen (secondary N) is 1. The number of esters is 1. The topological polar surface area (TPSA) is 84.5 Å². The highest BCUT2D eigenvalue weighted by Crippen LogP contribution is 2.51. The van der Waals surface area contributed by atoms with Gasteiger partial charge in [-0.15, -0.1) is 0 Å². The van der Waals surface area contributed by atoms with Gasteiger partial charge in [-0.3, -0.25) is 0 Å². The maximum atomic E-state index is 12.6. The molecule has 1 atom stereocenters. The number of cyclic esters (lactones) is 1. The summed E-state index contributed by atoms with van der Waals surface area (Å²) in [6, 6.07) is 7.47. The van der Waals surface area contributed by atoms with E-state index in [1.807, 2.05) is 24.3 Å². The van der Waals surface area contributed by atoms with Crippen LogP contribution in [0.25, 0.3) is 0 Å². The molecule has 0 amide bonds. The molecule has 0 fully saturated rings. The first-order chi connectivity index (χ1) is 14.1. The second kappa shape index (κ2) is 6.51. The molecule has 0 unspecified atom stereocenters. The van der Waals surface area contributed by atoms with Gasteiger partial charge in [0.15, 0.2) is 23.0 Å². The summed E-state index contributed by atoms with van der Waals surface area (Å²) < 4.78 is 32.8. The van der Waals surface area contributed by atoms with Crippen molar-refractivity contribution in [2.75, 3.05) is 40.0 Å². The predicted octanol–water partition coefficient (Wildman–Crippen LogP) is 2.81. The second-order valence-electron chi connectivity index (χ2n) is 6.78. The second-order valence-corrected chi connectivity index (χ2v) is 6.78. The summed E-state index contributed by atoms with van der Waals surface area (Å²) in [7, 11) is 4.73. The van der Waals surface area contributed by atoms with E-state index in [0.717, 1.165) is 22.5 Å². The molecule has 3 aliphatic heterocycles. The van der Waals surface area contributed by atoms with Crippen molar-refractivity contribution in [1.29, 1.82) is 0 Å². The molecule has 0 aliphatic carbocycles. The first kappa shape index (κ1) is 17.5. The van der Waals surface area contributed by atoms with E-state index in [4.69, 9.17) is 28.4 Å². The van der Waals surface area contributed by atoms with E-state index < -0.39 is 0 Å². The van der Waals surface area contributed by atoms with Gasteiger partial charge in [0.05, 0.1) is 32.6 Å². The molecule has 3 aliphatic rings. The van der Waals surface area contributed by atoms with E-state index in [0.29, 0.717) is 34.3 Å². The standard InChI is InChI=1S/C21H19NO7/c1-24-14-6-11-12(7-15(14)25-2)22-13-8-27-21(23)19(13)18(11)10-4-16(26-3)20-17(5-10)28-9-29-20/h4-7,18,22H,8-9H2,1-3H3/t18-/m0/s1. The van der Waals surface area contributed by atoms with Crippen molar-refractivity contribution in [2.24, 2.45) is 0 Å². The quantitative estimate of drug-likeness (QED) is 0.789. The summed E-state index contributed by atoms with van der Waals surface area (Å²) >= 11 is 0. The molecule has 0 aromatic heterocycles. The van der Waals surface area contributed by atoms with Crippen LogP contribution in [0.1, 0.15) is 17.0 Å². The molecule has 5 rings (SSSR count). The molecule has 8 nitrogen and oxygen atoms in total. The van der Waals surface area contributed by atoms with Gasteiger partial charge in [0.2, 0.25) is 12.5 Å². The van der Waals surface area contributed by atoms with Gasteiger partial charge in [-0.1, -0.05) is 0 Å². The van der Waals surface area contributed by atoms with Crippen molar-refractivity contribution in [3.63, 3.8) is 0 Å². The van der Waals surface area contributed by atoms with Crippen LogP contribution in [0.4, 0.5) is 5.69 Å². The fourth-order valence-electron chi connectivity index (χ4n) is 4.03. The number of fused-ring (bicyclic) bond motifs is 2. The van der Waals surface area contributed by atoms with Crippen LogP contribution in [0.3, 0.4) is 0 Å². The Balaban J connectivity index is 1.74. The number of anilines is 1. The van der Waals surface area contributed by atoms with Crippen molar-refractivity contribution in [2.45, 2.75) is 5.92 Å². The Morgan fingerprint density at radius 1 is 0.931 bits per heavy atom. The lowest BCUT2D eigenvalue weighted by molar-refractivity contribution is -0.136. The molecular formula is C21H19NO7. The van der Waals surface area contributed by atoms with Crippen LogP contribution in [0.5, 0.6) is 28.7 Å². The number of methoxy groups -OCH3 is 3. The van der Waals surface area contributed by atoms with Gasteiger partial charge in [-0.05, 0) is 29.3 Å². The molecule has 29 heavy (non-hydrogen) atoms. The molecule has 8 heteroatoms. The van der Waals surface area contributed by atoms with Crippen molar-refractivity contribution < 1.29 is 33.2 Å². The highest BCUT2D eigenvalue weighted by molar-refractivity contribution is 5.97. The molecule has 1 N–H and O–H groups in total. The summed E-state index contributed by atoms with van der Waals surface area (Å²) in [5.41, 5.74) is 3.80. The highest BCUT2D eigenvalue weighted by atomic mass is 16.7. The van der Waals surface area contributed by atoms with Crippen molar-refractivity contribution in [3.8, 4) is 28.7 Å². The summed E-state index contributed by atoms with van der Waals surface area (Å²) in [6.45, 7) is 0.319. The van der Waals surface area contributed by atoms with Crippen LogP contribution < -0.4 is 29.0 Å². The SMILES string of the molecule is COc1cc2c(cc1OC)[C@H](c1cc(OC)c3c(c1)OCO3)C1=C(COC1=O)N2. The molecule has 2 aromatic rings. The molecule has 3 heterocycles. The molecule has 0 bridgehead atoms. The molecule has 150 valence electrons. The van der Waals surface area contributed by atoms with Crippen LogP contribution in [0, 0.1) is 0 Å². The summed E-state index contributed by atoms with van der Waals surface area (Å²) in [5, 5.41) is 3.31. The third-order valence-electron chi connectivity index (χ3n) is 5.35. The first-order valence-corrected chi connectivity index (χ1v) is 9.05. The van der Waals surface area contributed by atoms with Crippen molar-refractivity contribution in [3.05, 3.63) is 46.7 Å². The maximum absolute atomic E-state index is 12.6. The van der Waals surface area contributed by atoms with Crippen LogP contribution in [0.2, 0.25) is 0 Å². The van der Waals surface area contributed by atoms with E-state index in [1.54, 1.807) is 21.3 Å². The van der Waals surface area contributed by atoms with Gasteiger partial charge in [0.25, 0.3) is 0 Å². The zero-order valence-electron chi connectivity index (χ0n) is 16.2. The van der Waals surface area contributed by atoms with E-state index in [9.17, 15) is 4.79 Å². The lowest BCUT2D eigenvalue weighted by atomic mass is 9.80. The summed E-state index contributed by atoms with van der Waals surface area (Å²) in [5.74, 6) is 2.10. The van der Waals surface area contributed by atoms with Crippen LogP contribution >= 0.6 is 0 Å². The van der Waals surface area contributed by atoms with Gasteiger partial charge in [0, 0.05) is 17.7 Å². The fraction of sp³-hybridized carbons (Fsp3) is 0.286. The molecule has 0 spiro atoms. The lowest BCUT2D eigenvalue weighted by Crippen LogP contribution is -2.20. The highest BCUT2D eigenvalue weighted by Gasteiger charge is 2.40. The Morgan fingerprint density at radius 3 is 2.45 bits per heavy atom. The Bertz CT molecular complexity index is 1060. The number of hydrogen-bond acceptors (Lipinski definition) is 8. The molecule has 0 saturated carbocycles. The Hall–Kier alpha value is -3.55. The summed E-state index contributed by atoms with van der Waals surface area (Å²) in [6.07, 6.45) is 0. The first-order valence-electron chi connectivity index (χ1n) is 9.05. The van der Waals surface area contributed by atoms with Crippen LogP contribution in [-0.2, 0) is 9.53 Å². The number of rotatable bonds is 4. The molecule has 0 saturated heterocycles. The van der Waals surface area contributed by atoms with Crippen LogP contribution in [0.15, 0.2) is 35.5 Å². The van der Waals surface area contributed by atoms with Gasteiger partial charge in [-0.25, -0.2) is 4.79 Å². The Morgan fingerprint density at radius 2 is 1.69 bits per heavy atom. The third-order valence-corrected chi connectivity index (χ3v) is 5.35. The average Bonchev–Trinajstić information content (AvgIpc) is 3.37. The number of carbonyl (C=O) groups is 1. The molecule has 0 radical (unpaired) electrons. The minimum atomic E-state index is -0.389. The maximum Gasteiger partial charge on any atom is 0.337 e. The number of benzene rings is 2. The van der Waals surface area contributed by atoms with E-state index >= 15 is 0 Å². The third kappa shape index (κ3) is 2.55. The minimum absolute atomic E-state index is 0.124. The van der Waals surface area contributed by atoms with Gasteiger partial charge < -0.3 is 33.7 Å². The normalized spacial score (nSPS) is 18.6. The van der Waals surface area contributed by atoms with Crippen molar-refractivity contribution >= 4 is 11.7 Å². The van der Waals surface area contributed by atoms with E-state index in [-0.39, 0.29) is 25.3 Å².